The van der Waals surface area contributed by atoms with E-state index in [0.717, 1.165) is 11.1 Å². The van der Waals surface area contributed by atoms with Crippen LogP contribution in [0.3, 0.4) is 0 Å². The molecule has 3 atom stereocenters. The van der Waals surface area contributed by atoms with Gasteiger partial charge in [0.05, 0.1) is 16.8 Å². The first-order chi connectivity index (χ1) is 12.9. The SMILES string of the molecule is COCC1(CN)C(c2ccc3c(c2)OCO3)C1S(=O)(=O)c1ccc(C)cc1. The van der Waals surface area contributed by atoms with Gasteiger partial charge in [0, 0.05) is 25.0 Å². The van der Waals surface area contributed by atoms with Gasteiger partial charge in [-0.3, -0.25) is 0 Å². The highest BCUT2D eigenvalue weighted by atomic mass is 32.2. The summed E-state index contributed by atoms with van der Waals surface area (Å²) in [6.07, 6.45) is 0. The Morgan fingerprint density at radius 1 is 1.15 bits per heavy atom. The third-order valence-electron chi connectivity index (χ3n) is 5.61. The molecule has 1 aliphatic heterocycles. The summed E-state index contributed by atoms with van der Waals surface area (Å²) in [5, 5.41) is -0.641. The molecule has 1 saturated carbocycles. The zero-order valence-electron chi connectivity index (χ0n) is 15.3. The summed E-state index contributed by atoms with van der Waals surface area (Å²) in [6, 6.07) is 12.5. The lowest BCUT2D eigenvalue weighted by atomic mass is 9.99. The summed E-state index contributed by atoms with van der Waals surface area (Å²) in [5.74, 6) is 1.04. The lowest BCUT2D eigenvalue weighted by Crippen LogP contribution is -2.28. The van der Waals surface area contributed by atoms with Gasteiger partial charge in [-0.1, -0.05) is 23.8 Å². The van der Waals surface area contributed by atoms with E-state index in [2.05, 4.69) is 0 Å². The first-order valence-corrected chi connectivity index (χ1v) is 10.4. The van der Waals surface area contributed by atoms with Crippen molar-refractivity contribution in [3.63, 3.8) is 0 Å². The molecule has 2 aliphatic rings. The standard InChI is InChI=1S/C20H23NO5S/c1-13-3-6-15(7-4-13)27(22,23)19-18(20(19,10-21)11-24-2)14-5-8-16-17(9-14)26-12-25-16/h3-9,18-19H,10-12,21H2,1-2H3. The van der Waals surface area contributed by atoms with Crippen LogP contribution in [0, 0.1) is 12.3 Å². The fraction of sp³-hybridized carbons (Fsp3) is 0.400. The van der Waals surface area contributed by atoms with Crippen LogP contribution in [0.5, 0.6) is 11.5 Å². The van der Waals surface area contributed by atoms with E-state index in [4.69, 9.17) is 19.9 Å². The molecule has 3 unspecified atom stereocenters. The van der Waals surface area contributed by atoms with Gasteiger partial charge >= 0.3 is 0 Å². The summed E-state index contributed by atoms with van der Waals surface area (Å²) in [5.41, 5.74) is 7.31. The molecule has 0 aromatic heterocycles. The third kappa shape index (κ3) is 2.81. The van der Waals surface area contributed by atoms with Gasteiger partial charge in [0.2, 0.25) is 6.79 Å². The minimum Gasteiger partial charge on any atom is -0.454 e. The Bertz CT molecular complexity index is 957. The van der Waals surface area contributed by atoms with Crippen LogP contribution in [0.25, 0.3) is 0 Å². The van der Waals surface area contributed by atoms with E-state index in [1.165, 1.54) is 0 Å². The highest BCUT2D eigenvalue weighted by Gasteiger charge is 2.70. The smallest absolute Gasteiger partial charge is 0.231 e. The van der Waals surface area contributed by atoms with Crippen molar-refractivity contribution in [2.24, 2.45) is 11.1 Å². The second kappa shape index (κ2) is 6.51. The summed E-state index contributed by atoms with van der Waals surface area (Å²) in [6.45, 7) is 2.60. The van der Waals surface area contributed by atoms with Crippen LogP contribution in [0.4, 0.5) is 0 Å². The van der Waals surface area contributed by atoms with E-state index in [9.17, 15) is 8.42 Å². The van der Waals surface area contributed by atoms with Crippen LogP contribution >= 0.6 is 0 Å². The van der Waals surface area contributed by atoms with Crippen LogP contribution in [0.1, 0.15) is 17.0 Å². The Kier molecular flexibility index (Phi) is 4.41. The molecule has 4 rings (SSSR count). The van der Waals surface area contributed by atoms with Crippen LogP contribution in [0.2, 0.25) is 0 Å². The lowest BCUT2D eigenvalue weighted by Gasteiger charge is -2.15. The van der Waals surface area contributed by atoms with Crippen molar-refractivity contribution >= 4 is 9.84 Å². The number of benzene rings is 2. The molecular weight excluding hydrogens is 366 g/mol. The van der Waals surface area contributed by atoms with Crippen molar-refractivity contribution in [2.75, 3.05) is 27.1 Å². The number of methoxy groups -OCH3 is 1. The second-order valence-electron chi connectivity index (χ2n) is 7.24. The Labute approximate surface area is 159 Å². The Balaban J connectivity index is 1.76. The third-order valence-corrected chi connectivity index (χ3v) is 7.95. The van der Waals surface area contributed by atoms with Crippen LogP contribution < -0.4 is 15.2 Å². The molecule has 2 N–H and O–H groups in total. The van der Waals surface area contributed by atoms with Crippen molar-refractivity contribution in [1.29, 1.82) is 0 Å². The van der Waals surface area contributed by atoms with Gasteiger partial charge in [0.15, 0.2) is 21.3 Å². The fourth-order valence-electron chi connectivity index (χ4n) is 4.17. The van der Waals surface area contributed by atoms with Gasteiger partial charge in [-0.15, -0.1) is 0 Å². The largest absolute Gasteiger partial charge is 0.454 e. The topological polar surface area (TPSA) is 87.8 Å². The molecule has 7 heteroatoms. The first-order valence-electron chi connectivity index (χ1n) is 8.83. The maximum Gasteiger partial charge on any atom is 0.231 e. The monoisotopic (exact) mass is 389 g/mol. The van der Waals surface area contributed by atoms with Gasteiger partial charge in [-0.25, -0.2) is 8.42 Å². The van der Waals surface area contributed by atoms with Crippen molar-refractivity contribution in [2.45, 2.75) is 23.0 Å². The van der Waals surface area contributed by atoms with Crippen molar-refractivity contribution in [3.8, 4) is 11.5 Å². The average molecular weight is 389 g/mol. The summed E-state index contributed by atoms with van der Waals surface area (Å²) in [7, 11) is -2.00. The Morgan fingerprint density at radius 2 is 1.85 bits per heavy atom. The molecule has 144 valence electrons. The molecule has 0 saturated heterocycles. The predicted molar refractivity (Wildman–Crippen MR) is 101 cm³/mol. The van der Waals surface area contributed by atoms with E-state index in [0.29, 0.717) is 16.4 Å². The molecule has 1 aliphatic carbocycles. The molecule has 0 spiro atoms. The van der Waals surface area contributed by atoms with Gasteiger partial charge in [-0.05, 0) is 36.8 Å². The molecule has 1 fully saturated rings. The number of rotatable bonds is 6. The second-order valence-corrected chi connectivity index (χ2v) is 9.31. The van der Waals surface area contributed by atoms with Crippen molar-refractivity contribution in [3.05, 3.63) is 53.6 Å². The molecule has 0 bridgehead atoms. The minimum atomic E-state index is -3.57. The molecule has 0 radical (unpaired) electrons. The molecular formula is C20H23NO5S. The fourth-order valence-corrected chi connectivity index (χ4v) is 6.62. The number of nitrogens with two attached hydrogens (primary N) is 1. The Morgan fingerprint density at radius 3 is 2.52 bits per heavy atom. The first kappa shape index (κ1) is 18.3. The number of hydrogen-bond donors (Lipinski definition) is 1. The van der Waals surface area contributed by atoms with Gasteiger partial charge in [0.1, 0.15) is 0 Å². The molecule has 2 aromatic rings. The van der Waals surface area contributed by atoms with E-state index in [1.807, 2.05) is 37.3 Å². The quantitative estimate of drug-likeness (QED) is 0.815. The number of ether oxygens (including phenoxy) is 3. The van der Waals surface area contributed by atoms with Gasteiger partial charge in [0.25, 0.3) is 0 Å². The molecule has 6 nitrogen and oxygen atoms in total. The number of sulfone groups is 1. The van der Waals surface area contributed by atoms with Gasteiger partial charge < -0.3 is 19.9 Å². The van der Waals surface area contributed by atoms with Crippen LogP contribution in [0.15, 0.2) is 47.4 Å². The summed E-state index contributed by atoms with van der Waals surface area (Å²) < 4.78 is 43.0. The maximum atomic E-state index is 13.4. The molecule has 27 heavy (non-hydrogen) atoms. The van der Waals surface area contributed by atoms with E-state index < -0.39 is 20.5 Å². The van der Waals surface area contributed by atoms with Crippen LogP contribution in [-0.4, -0.2) is 40.7 Å². The van der Waals surface area contributed by atoms with E-state index in [-0.39, 0.29) is 25.9 Å². The molecule has 2 aromatic carbocycles. The maximum absolute atomic E-state index is 13.4. The van der Waals surface area contributed by atoms with E-state index in [1.54, 1.807) is 19.2 Å². The van der Waals surface area contributed by atoms with Crippen molar-refractivity contribution in [1.82, 2.24) is 0 Å². The predicted octanol–water partition coefficient (Wildman–Crippen LogP) is 2.25. The molecule has 1 heterocycles. The summed E-state index contributed by atoms with van der Waals surface area (Å²) in [4.78, 5) is 0.315. The number of fused-ring (bicyclic) bond motifs is 1. The highest BCUT2D eigenvalue weighted by Crippen LogP contribution is 2.64. The Hall–Kier alpha value is -2.09. The van der Waals surface area contributed by atoms with E-state index >= 15 is 0 Å². The minimum absolute atomic E-state index is 0.175. The summed E-state index contributed by atoms with van der Waals surface area (Å²) >= 11 is 0. The number of hydrogen-bond acceptors (Lipinski definition) is 6. The normalized spacial score (nSPS) is 26.2. The molecule has 0 amide bonds. The van der Waals surface area contributed by atoms with Crippen molar-refractivity contribution < 1.29 is 22.6 Å². The zero-order valence-corrected chi connectivity index (χ0v) is 16.2. The lowest BCUT2D eigenvalue weighted by molar-refractivity contribution is 0.142. The van der Waals surface area contributed by atoms with Gasteiger partial charge in [-0.2, -0.15) is 0 Å². The zero-order chi connectivity index (χ0) is 19.2. The van der Waals surface area contributed by atoms with Crippen LogP contribution in [-0.2, 0) is 14.6 Å². The number of aryl methyl sites for hydroxylation is 1. The average Bonchev–Trinajstić information content (AvgIpc) is 3.10. The highest BCUT2D eigenvalue weighted by molar-refractivity contribution is 7.92.